The summed E-state index contributed by atoms with van der Waals surface area (Å²) in [5.41, 5.74) is 4.98. The maximum absolute atomic E-state index is 12.8. The van der Waals surface area contributed by atoms with Crippen LogP contribution in [0, 0.1) is 0 Å². The third kappa shape index (κ3) is 4.83. The summed E-state index contributed by atoms with van der Waals surface area (Å²) in [6, 6.07) is 4.37. The molecule has 1 aromatic rings. The fraction of sp³-hybridized carbons (Fsp3) is 0.542. The molecule has 4 heteroatoms. The SMILES string of the molecule is COc1c(C(C)(C)C)cc(CCC(=O)C2=C(Cl)C(Cl)=C(C)C2)cc1C(C)(C)C. The van der Waals surface area contributed by atoms with Gasteiger partial charge in [-0.25, -0.2) is 0 Å². The number of carbonyl (C=O) groups excluding carboxylic acids is 1. The maximum Gasteiger partial charge on any atom is 0.161 e. The second kappa shape index (κ2) is 8.24. The van der Waals surface area contributed by atoms with E-state index in [1.54, 1.807) is 7.11 Å². The highest BCUT2D eigenvalue weighted by Crippen LogP contribution is 2.41. The van der Waals surface area contributed by atoms with E-state index >= 15 is 0 Å². The number of halogens is 2. The lowest BCUT2D eigenvalue weighted by Gasteiger charge is -2.30. The van der Waals surface area contributed by atoms with Gasteiger partial charge in [-0.1, -0.05) is 76.9 Å². The van der Waals surface area contributed by atoms with Crippen LogP contribution in [0.3, 0.4) is 0 Å². The van der Waals surface area contributed by atoms with Crippen molar-refractivity contribution in [1.82, 2.24) is 0 Å². The number of methoxy groups -OCH3 is 1. The zero-order valence-corrected chi connectivity index (χ0v) is 19.9. The molecule has 2 rings (SSSR count). The van der Waals surface area contributed by atoms with Gasteiger partial charge in [0.15, 0.2) is 5.78 Å². The van der Waals surface area contributed by atoms with Crippen molar-refractivity contribution in [2.75, 3.05) is 7.11 Å². The summed E-state index contributed by atoms with van der Waals surface area (Å²) >= 11 is 12.4. The third-order valence-corrected chi connectivity index (χ3v) is 6.25. The van der Waals surface area contributed by atoms with Gasteiger partial charge in [0.25, 0.3) is 0 Å². The van der Waals surface area contributed by atoms with Crippen molar-refractivity contribution in [3.8, 4) is 5.75 Å². The summed E-state index contributed by atoms with van der Waals surface area (Å²) in [6.45, 7) is 15.0. The normalized spacial score (nSPS) is 15.5. The Labute approximate surface area is 179 Å². The number of benzene rings is 1. The Morgan fingerprint density at radius 2 is 1.50 bits per heavy atom. The molecule has 0 unspecified atom stereocenters. The van der Waals surface area contributed by atoms with Crippen LogP contribution in [0.25, 0.3) is 0 Å². The molecule has 0 atom stereocenters. The highest BCUT2D eigenvalue weighted by Gasteiger charge is 2.28. The third-order valence-electron chi connectivity index (χ3n) is 5.22. The Kier molecular flexibility index (Phi) is 6.78. The van der Waals surface area contributed by atoms with Crippen molar-refractivity contribution in [3.63, 3.8) is 0 Å². The highest BCUT2D eigenvalue weighted by atomic mass is 35.5. The Morgan fingerprint density at radius 1 is 1.00 bits per heavy atom. The molecule has 0 saturated carbocycles. The van der Waals surface area contributed by atoms with Gasteiger partial charge in [-0.15, -0.1) is 0 Å². The average molecular weight is 423 g/mol. The Hall–Kier alpha value is -1.25. The highest BCUT2D eigenvalue weighted by molar-refractivity contribution is 6.46. The molecule has 0 N–H and O–H groups in total. The van der Waals surface area contributed by atoms with E-state index in [9.17, 15) is 4.79 Å². The van der Waals surface area contributed by atoms with E-state index in [0.717, 1.165) is 16.9 Å². The fourth-order valence-electron chi connectivity index (χ4n) is 3.54. The summed E-state index contributed by atoms with van der Waals surface area (Å²) < 4.78 is 5.82. The minimum Gasteiger partial charge on any atom is -0.496 e. The first-order valence-corrected chi connectivity index (χ1v) is 10.5. The molecule has 0 aromatic heterocycles. The van der Waals surface area contributed by atoms with Crippen molar-refractivity contribution in [2.45, 2.75) is 78.6 Å². The quantitative estimate of drug-likeness (QED) is 0.501. The first-order chi connectivity index (χ1) is 12.8. The number of carbonyl (C=O) groups is 1. The summed E-state index contributed by atoms with van der Waals surface area (Å²) in [4.78, 5) is 12.8. The predicted octanol–water partition coefficient (Wildman–Crippen LogP) is 7.20. The van der Waals surface area contributed by atoms with Gasteiger partial charge in [-0.3, -0.25) is 4.79 Å². The van der Waals surface area contributed by atoms with Crippen LogP contribution in [-0.2, 0) is 22.0 Å². The Bertz CT molecular complexity index is 811. The maximum atomic E-state index is 12.8. The topological polar surface area (TPSA) is 26.3 Å². The summed E-state index contributed by atoms with van der Waals surface area (Å²) in [5, 5.41) is 0.948. The Balaban J connectivity index is 2.35. The molecule has 1 aliphatic carbocycles. The lowest BCUT2D eigenvalue weighted by atomic mass is 9.78. The standard InChI is InChI=1S/C24H32Cl2O2/c1-14-11-16(21(26)20(14)25)19(27)10-9-15-12-17(23(2,3)4)22(28-8)18(13-15)24(5,6)7/h12-13H,9-11H2,1-8H3. The van der Waals surface area contributed by atoms with Crippen LogP contribution >= 0.6 is 23.2 Å². The van der Waals surface area contributed by atoms with Gasteiger partial charge < -0.3 is 4.74 Å². The largest absolute Gasteiger partial charge is 0.496 e. The molecule has 1 aromatic carbocycles. The molecule has 0 heterocycles. The molecule has 0 aliphatic heterocycles. The van der Waals surface area contributed by atoms with Crippen LogP contribution in [0.1, 0.15) is 78.0 Å². The van der Waals surface area contributed by atoms with E-state index in [4.69, 9.17) is 27.9 Å². The minimum atomic E-state index is -0.0583. The van der Waals surface area contributed by atoms with E-state index < -0.39 is 0 Å². The number of aryl methyl sites for hydroxylation is 1. The van der Waals surface area contributed by atoms with Crippen LogP contribution in [0.4, 0.5) is 0 Å². The van der Waals surface area contributed by atoms with Gasteiger partial charge in [0.05, 0.1) is 17.2 Å². The summed E-state index contributed by atoms with van der Waals surface area (Å²) in [5.74, 6) is 1.02. The molecular weight excluding hydrogens is 391 g/mol. The summed E-state index contributed by atoms with van der Waals surface area (Å²) in [6.07, 6.45) is 1.64. The van der Waals surface area contributed by atoms with Gasteiger partial charge in [0.1, 0.15) is 5.75 Å². The van der Waals surface area contributed by atoms with Crippen LogP contribution in [0.5, 0.6) is 5.75 Å². The van der Waals surface area contributed by atoms with Gasteiger partial charge in [0, 0.05) is 23.1 Å². The van der Waals surface area contributed by atoms with E-state index in [0.29, 0.717) is 34.9 Å². The second-order valence-electron chi connectivity index (χ2n) is 9.71. The van der Waals surface area contributed by atoms with Gasteiger partial charge in [-0.05, 0) is 41.7 Å². The van der Waals surface area contributed by atoms with Crippen molar-refractivity contribution in [1.29, 1.82) is 0 Å². The van der Waals surface area contributed by atoms with Crippen molar-refractivity contribution >= 4 is 29.0 Å². The zero-order valence-electron chi connectivity index (χ0n) is 18.3. The van der Waals surface area contributed by atoms with E-state index in [1.165, 1.54) is 11.1 Å². The molecule has 0 saturated heterocycles. The molecule has 0 bridgehead atoms. The average Bonchev–Trinajstić information content (AvgIpc) is 2.84. The molecule has 2 nitrogen and oxygen atoms in total. The predicted molar refractivity (Wildman–Crippen MR) is 120 cm³/mol. The first kappa shape index (κ1) is 23.0. The lowest BCUT2D eigenvalue weighted by molar-refractivity contribution is -0.115. The zero-order chi connectivity index (χ0) is 21.4. The number of hydrogen-bond donors (Lipinski definition) is 0. The molecular formula is C24H32Cl2O2. The number of Topliss-reactive ketones (excluding diaryl/α,β-unsaturated/α-hetero) is 1. The van der Waals surface area contributed by atoms with Crippen molar-refractivity contribution < 1.29 is 9.53 Å². The van der Waals surface area contributed by atoms with Crippen molar-refractivity contribution in [2.24, 2.45) is 0 Å². The Morgan fingerprint density at radius 3 is 1.86 bits per heavy atom. The monoisotopic (exact) mass is 422 g/mol. The number of hydrogen-bond acceptors (Lipinski definition) is 2. The number of ether oxygens (including phenoxy) is 1. The summed E-state index contributed by atoms with van der Waals surface area (Å²) in [7, 11) is 1.73. The molecule has 0 spiro atoms. The second-order valence-corrected chi connectivity index (χ2v) is 10.5. The lowest BCUT2D eigenvalue weighted by Crippen LogP contribution is -2.20. The molecule has 0 radical (unpaired) electrons. The molecule has 154 valence electrons. The van der Waals surface area contributed by atoms with E-state index in [-0.39, 0.29) is 16.6 Å². The molecule has 1 aliphatic rings. The van der Waals surface area contributed by atoms with Crippen molar-refractivity contribution in [3.05, 3.63) is 50.0 Å². The molecule has 0 amide bonds. The van der Waals surface area contributed by atoms with Crippen LogP contribution in [0.15, 0.2) is 33.3 Å². The number of ketones is 1. The molecule has 0 fully saturated rings. The van der Waals surface area contributed by atoms with Crippen LogP contribution in [0.2, 0.25) is 0 Å². The minimum absolute atomic E-state index is 0.0583. The van der Waals surface area contributed by atoms with E-state index in [2.05, 4.69) is 53.7 Å². The van der Waals surface area contributed by atoms with Gasteiger partial charge in [0.2, 0.25) is 0 Å². The van der Waals surface area contributed by atoms with Gasteiger partial charge in [-0.2, -0.15) is 0 Å². The van der Waals surface area contributed by atoms with E-state index in [1.807, 2.05) is 6.92 Å². The fourth-order valence-corrected chi connectivity index (χ4v) is 4.05. The molecule has 28 heavy (non-hydrogen) atoms. The van der Waals surface area contributed by atoms with Crippen LogP contribution < -0.4 is 4.74 Å². The van der Waals surface area contributed by atoms with Crippen LogP contribution in [-0.4, -0.2) is 12.9 Å². The number of rotatable bonds is 5. The first-order valence-electron chi connectivity index (χ1n) is 9.76. The smallest absolute Gasteiger partial charge is 0.161 e. The van der Waals surface area contributed by atoms with Gasteiger partial charge >= 0.3 is 0 Å². The number of allylic oxidation sites excluding steroid dienone is 4.